The van der Waals surface area contributed by atoms with E-state index in [2.05, 4.69) is 67.4 Å². The molecule has 0 aromatic heterocycles. The van der Waals surface area contributed by atoms with E-state index >= 15 is 0 Å². The summed E-state index contributed by atoms with van der Waals surface area (Å²) in [5.41, 5.74) is 1.92. The van der Waals surface area contributed by atoms with E-state index in [0.29, 0.717) is 37.0 Å². The van der Waals surface area contributed by atoms with Crippen LogP contribution in [-0.2, 0) is 4.74 Å². The minimum atomic E-state index is -0.455. The van der Waals surface area contributed by atoms with E-state index in [1.165, 1.54) is 16.5 Å². The number of carbonyl (C=O) groups excluding carboxylic acids is 1. The lowest BCUT2D eigenvalue weighted by molar-refractivity contribution is 0.151. The van der Waals surface area contributed by atoms with Crippen LogP contribution in [0.15, 0.2) is 59.1 Å². The summed E-state index contributed by atoms with van der Waals surface area (Å²) in [7, 11) is 0. The number of benzene rings is 3. The molecule has 0 aliphatic carbocycles. The Balaban J connectivity index is 1.04. The summed E-state index contributed by atoms with van der Waals surface area (Å²) >= 11 is 3.67. The number of carbonyl (C=O) groups is 1. The summed E-state index contributed by atoms with van der Waals surface area (Å²) in [6.45, 7) is 6.29. The van der Waals surface area contributed by atoms with Crippen molar-refractivity contribution in [3.8, 4) is 11.5 Å². The van der Waals surface area contributed by atoms with Crippen LogP contribution in [0.1, 0.15) is 6.42 Å². The van der Waals surface area contributed by atoms with Gasteiger partial charge < -0.3 is 19.1 Å². The van der Waals surface area contributed by atoms with Gasteiger partial charge >= 0.3 is 6.09 Å². The topological polar surface area (TPSA) is 63.3 Å². The molecule has 1 saturated heterocycles. The molecule has 1 N–H and O–H groups in total. The first-order chi connectivity index (χ1) is 16.7. The Labute approximate surface area is 207 Å². The van der Waals surface area contributed by atoms with E-state index in [4.69, 9.17) is 14.2 Å². The quantitative estimate of drug-likeness (QED) is 0.450. The minimum Gasteiger partial charge on any atom is -0.486 e. The summed E-state index contributed by atoms with van der Waals surface area (Å²) in [6.07, 6.45) is 0.346. The maximum Gasteiger partial charge on any atom is 0.411 e. The second kappa shape index (κ2) is 10.5. The van der Waals surface area contributed by atoms with Gasteiger partial charge in [0.05, 0.1) is 6.61 Å². The molecule has 8 heteroatoms. The Kier molecular flexibility index (Phi) is 7.06. The predicted octanol–water partition coefficient (Wildman–Crippen LogP) is 5.13. The fourth-order valence-corrected chi connectivity index (χ4v) is 4.94. The van der Waals surface area contributed by atoms with Crippen molar-refractivity contribution in [1.82, 2.24) is 4.90 Å². The standard InChI is InChI=1S/C26H28BrN3O4/c27-22-7-8-23(21-5-2-1-4-20(21)22)30-13-11-29(12-14-30)10-3-15-34-26(31)28-19-6-9-24-25(18-19)33-17-16-32-24/h1-2,4-9,18H,3,10-17H2,(H,28,31). The smallest absolute Gasteiger partial charge is 0.411 e. The number of halogens is 1. The van der Waals surface area contributed by atoms with Crippen molar-refractivity contribution in [3.63, 3.8) is 0 Å². The van der Waals surface area contributed by atoms with Crippen LogP contribution < -0.4 is 19.7 Å². The Hall–Kier alpha value is -2.97. The van der Waals surface area contributed by atoms with Crippen molar-refractivity contribution in [1.29, 1.82) is 0 Å². The van der Waals surface area contributed by atoms with Crippen molar-refractivity contribution in [2.24, 2.45) is 0 Å². The van der Waals surface area contributed by atoms with Crippen molar-refractivity contribution in [3.05, 3.63) is 59.1 Å². The number of amides is 1. The lowest BCUT2D eigenvalue weighted by Crippen LogP contribution is -2.46. The van der Waals surface area contributed by atoms with Gasteiger partial charge in [-0.15, -0.1) is 0 Å². The molecule has 3 aromatic carbocycles. The molecule has 0 bridgehead atoms. The number of nitrogens with one attached hydrogen (secondary N) is 1. The molecule has 2 heterocycles. The summed E-state index contributed by atoms with van der Waals surface area (Å²) in [5, 5.41) is 5.28. The van der Waals surface area contributed by atoms with E-state index < -0.39 is 6.09 Å². The third-order valence-corrected chi connectivity index (χ3v) is 6.89. The van der Waals surface area contributed by atoms with Crippen molar-refractivity contribution in [2.45, 2.75) is 6.42 Å². The van der Waals surface area contributed by atoms with Crippen molar-refractivity contribution >= 4 is 44.2 Å². The zero-order chi connectivity index (χ0) is 23.3. The number of anilines is 2. The molecule has 7 nitrogen and oxygen atoms in total. The highest BCUT2D eigenvalue weighted by molar-refractivity contribution is 9.10. The number of piperazine rings is 1. The molecule has 1 fully saturated rings. The molecule has 0 atom stereocenters. The SMILES string of the molecule is O=C(Nc1ccc2c(c1)OCCO2)OCCCN1CCN(c2ccc(Br)c3ccccc23)CC1. The molecular weight excluding hydrogens is 498 g/mol. The largest absolute Gasteiger partial charge is 0.486 e. The van der Waals surface area contributed by atoms with Gasteiger partial charge in [0.25, 0.3) is 0 Å². The number of hydrogen-bond acceptors (Lipinski definition) is 6. The first kappa shape index (κ1) is 22.8. The summed E-state index contributed by atoms with van der Waals surface area (Å²) in [6, 6.07) is 18.2. The number of ether oxygens (including phenoxy) is 3. The first-order valence-corrected chi connectivity index (χ1v) is 12.4. The molecule has 0 saturated carbocycles. The second-order valence-electron chi connectivity index (χ2n) is 8.41. The Morgan fingerprint density at radius 3 is 2.53 bits per heavy atom. The van der Waals surface area contributed by atoms with E-state index in [9.17, 15) is 4.79 Å². The zero-order valence-electron chi connectivity index (χ0n) is 19.0. The molecule has 2 aliphatic rings. The third-order valence-electron chi connectivity index (χ3n) is 6.20. The molecular formula is C26H28BrN3O4. The highest BCUT2D eigenvalue weighted by Gasteiger charge is 2.19. The normalized spacial score (nSPS) is 15.9. The van der Waals surface area contributed by atoms with Crippen LogP contribution in [-0.4, -0.2) is 63.5 Å². The number of rotatable bonds is 6. The Bertz CT molecular complexity index is 1160. The highest BCUT2D eigenvalue weighted by Crippen LogP contribution is 2.33. The fraction of sp³-hybridized carbons (Fsp3) is 0.346. The van der Waals surface area contributed by atoms with E-state index in [-0.39, 0.29) is 0 Å². The van der Waals surface area contributed by atoms with Gasteiger partial charge in [0.2, 0.25) is 0 Å². The van der Waals surface area contributed by atoms with Gasteiger partial charge in [-0.1, -0.05) is 40.2 Å². The van der Waals surface area contributed by atoms with Gasteiger partial charge in [-0.3, -0.25) is 10.2 Å². The van der Waals surface area contributed by atoms with Crippen LogP contribution in [0.2, 0.25) is 0 Å². The minimum absolute atomic E-state index is 0.383. The summed E-state index contributed by atoms with van der Waals surface area (Å²) in [4.78, 5) is 17.0. The van der Waals surface area contributed by atoms with Crippen LogP contribution in [0.25, 0.3) is 10.8 Å². The first-order valence-electron chi connectivity index (χ1n) is 11.7. The molecule has 2 aliphatic heterocycles. The molecule has 3 aromatic rings. The molecule has 5 rings (SSSR count). The summed E-state index contributed by atoms with van der Waals surface area (Å²) < 4.78 is 17.5. The van der Waals surface area contributed by atoms with Gasteiger partial charge in [-0.05, 0) is 36.1 Å². The molecule has 34 heavy (non-hydrogen) atoms. The lowest BCUT2D eigenvalue weighted by atomic mass is 10.1. The van der Waals surface area contributed by atoms with Gasteiger partial charge in [0, 0.05) is 60.0 Å². The average molecular weight is 526 g/mol. The second-order valence-corrected chi connectivity index (χ2v) is 9.27. The average Bonchev–Trinajstić information content (AvgIpc) is 2.87. The predicted molar refractivity (Wildman–Crippen MR) is 137 cm³/mol. The van der Waals surface area contributed by atoms with Crippen LogP contribution >= 0.6 is 15.9 Å². The van der Waals surface area contributed by atoms with Gasteiger partial charge in [-0.25, -0.2) is 4.79 Å². The van der Waals surface area contributed by atoms with Crippen LogP contribution in [0.3, 0.4) is 0 Å². The Morgan fingerprint density at radius 1 is 0.941 bits per heavy atom. The Morgan fingerprint density at radius 2 is 1.71 bits per heavy atom. The molecule has 0 spiro atoms. The van der Waals surface area contributed by atoms with Crippen molar-refractivity contribution < 1.29 is 19.0 Å². The van der Waals surface area contributed by atoms with Gasteiger partial charge in [-0.2, -0.15) is 0 Å². The number of fused-ring (bicyclic) bond motifs is 2. The van der Waals surface area contributed by atoms with Gasteiger partial charge in [0.15, 0.2) is 11.5 Å². The van der Waals surface area contributed by atoms with E-state index in [1.807, 2.05) is 0 Å². The van der Waals surface area contributed by atoms with Gasteiger partial charge in [0.1, 0.15) is 13.2 Å². The number of hydrogen-bond donors (Lipinski definition) is 1. The van der Waals surface area contributed by atoms with Crippen LogP contribution in [0.5, 0.6) is 11.5 Å². The molecule has 178 valence electrons. The van der Waals surface area contributed by atoms with E-state index in [0.717, 1.165) is 43.6 Å². The number of nitrogens with zero attached hydrogens (tertiary/aromatic N) is 2. The third kappa shape index (κ3) is 5.23. The zero-order valence-corrected chi connectivity index (χ0v) is 20.6. The van der Waals surface area contributed by atoms with Crippen LogP contribution in [0.4, 0.5) is 16.2 Å². The maximum absolute atomic E-state index is 12.1. The molecule has 0 radical (unpaired) electrons. The fourth-order valence-electron chi connectivity index (χ4n) is 4.46. The highest BCUT2D eigenvalue weighted by atomic mass is 79.9. The summed E-state index contributed by atoms with van der Waals surface area (Å²) in [5.74, 6) is 1.33. The maximum atomic E-state index is 12.1. The van der Waals surface area contributed by atoms with E-state index in [1.54, 1.807) is 18.2 Å². The molecule has 1 amide bonds. The van der Waals surface area contributed by atoms with Crippen molar-refractivity contribution in [2.75, 3.05) is 62.8 Å². The lowest BCUT2D eigenvalue weighted by Gasteiger charge is -2.36. The molecule has 0 unspecified atom stereocenters. The van der Waals surface area contributed by atoms with Crippen LogP contribution in [0, 0.1) is 0 Å². The monoisotopic (exact) mass is 525 g/mol.